The second-order valence-corrected chi connectivity index (χ2v) is 6.38. The van der Waals surface area contributed by atoms with E-state index in [1.807, 2.05) is 13.8 Å². The summed E-state index contributed by atoms with van der Waals surface area (Å²) < 4.78 is 4.92. The molecule has 26 heavy (non-hydrogen) atoms. The summed E-state index contributed by atoms with van der Waals surface area (Å²) in [5.41, 5.74) is 5.16. The lowest BCUT2D eigenvalue weighted by Crippen LogP contribution is -2.44. The Morgan fingerprint density at radius 3 is 1.73 bits per heavy atom. The summed E-state index contributed by atoms with van der Waals surface area (Å²) in [6, 6.07) is -0.759. The van der Waals surface area contributed by atoms with E-state index in [2.05, 4.69) is 0 Å². The Labute approximate surface area is 155 Å². The van der Waals surface area contributed by atoms with Crippen LogP contribution in [-0.2, 0) is 23.9 Å². The van der Waals surface area contributed by atoms with Gasteiger partial charge in [0.15, 0.2) is 0 Å². The molecule has 0 aliphatic carbocycles. The summed E-state index contributed by atoms with van der Waals surface area (Å²) in [5.74, 6) is -0.538. The fraction of sp³-hybridized carbons (Fsp3) is 0.778. The zero-order valence-electron chi connectivity index (χ0n) is 16.0. The Morgan fingerprint density at radius 1 is 0.962 bits per heavy atom. The van der Waals surface area contributed by atoms with E-state index < -0.39 is 5.91 Å². The molecule has 0 radical (unpaired) electrons. The molecule has 2 heterocycles. The summed E-state index contributed by atoms with van der Waals surface area (Å²) in [7, 11) is 0. The van der Waals surface area contributed by atoms with Crippen molar-refractivity contribution in [2.24, 2.45) is 5.73 Å². The molecule has 2 atom stereocenters. The van der Waals surface area contributed by atoms with Crippen LogP contribution in [-0.4, -0.2) is 65.3 Å². The monoisotopic (exact) mass is 369 g/mol. The van der Waals surface area contributed by atoms with E-state index in [4.69, 9.17) is 10.5 Å². The van der Waals surface area contributed by atoms with E-state index >= 15 is 0 Å². The second kappa shape index (κ2) is 10.8. The van der Waals surface area contributed by atoms with Gasteiger partial charge >= 0.3 is 5.97 Å². The Hall–Kier alpha value is -2.12. The number of hydrogen-bond donors (Lipinski definition) is 1. The quantitative estimate of drug-likeness (QED) is 0.668. The highest BCUT2D eigenvalue weighted by molar-refractivity contribution is 5.87. The summed E-state index contributed by atoms with van der Waals surface area (Å²) >= 11 is 0. The van der Waals surface area contributed by atoms with Gasteiger partial charge in [-0.3, -0.25) is 14.4 Å². The van der Waals surface area contributed by atoms with E-state index in [0.717, 1.165) is 12.8 Å². The molecule has 0 bridgehead atoms. The highest BCUT2D eigenvalue weighted by Gasteiger charge is 2.32. The van der Waals surface area contributed by atoms with Crippen molar-refractivity contribution in [1.82, 2.24) is 9.80 Å². The minimum Gasteiger partial charge on any atom is -0.464 e. The zero-order valence-corrected chi connectivity index (χ0v) is 16.0. The molecule has 2 fully saturated rings. The lowest BCUT2D eigenvalue weighted by molar-refractivity contribution is -0.153. The average molecular weight is 369 g/mol. The van der Waals surface area contributed by atoms with Gasteiger partial charge in [-0.1, -0.05) is 13.8 Å². The number of ether oxygens (including phenoxy) is 1. The Balaban J connectivity index is 0.000000263. The van der Waals surface area contributed by atoms with Crippen LogP contribution in [0.2, 0.25) is 0 Å². The van der Waals surface area contributed by atoms with Gasteiger partial charge in [0.2, 0.25) is 17.7 Å². The predicted molar refractivity (Wildman–Crippen MR) is 95.9 cm³/mol. The molecule has 3 amide bonds. The number of carbonyl (C=O) groups excluding carboxylic acids is 4. The van der Waals surface area contributed by atoms with Crippen molar-refractivity contribution < 1.29 is 23.9 Å². The van der Waals surface area contributed by atoms with Gasteiger partial charge in [0, 0.05) is 25.9 Å². The molecule has 0 aromatic carbocycles. The van der Waals surface area contributed by atoms with Gasteiger partial charge < -0.3 is 20.3 Å². The summed E-state index contributed by atoms with van der Waals surface area (Å²) in [6.45, 7) is 7.28. The molecule has 148 valence electrons. The third-order valence-electron chi connectivity index (χ3n) is 4.63. The van der Waals surface area contributed by atoms with Crippen LogP contribution in [0.4, 0.5) is 0 Å². The molecule has 0 unspecified atom stereocenters. The van der Waals surface area contributed by atoms with Crippen molar-refractivity contribution in [2.45, 2.75) is 71.4 Å². The number of nitrogens with zero attached hydrogens (tertiary/aromatic N) is 2. The van der Waals surface area contributed by atoms with Gasteiger partial charge in [-0.2, -0.15) is 0 Å². The molecule has 8 heteroatoms. The molecule has 0 aromatic heterocycles. The normalized spacial score (nSPS) is 19.0. The maximum Gasteiger partial charge on any atom is 0.328 e. The van der Waals surface area contributed by atoms with Crippen LogP contribution >= 0.6 is 0 Å². The molecular weight excluding hydrogens is 338 g/mol. The fourth-order valence-electron chi connectivity index (χ4n) is 3.33. The third-order valence-corrected chi connectivity index (χ3v) is 4.63. The fourth-order valence-corrected chi connectivity index (χ4v) is 3.33. The Morgan fingerprint density at radius 2 is 1.42 bits per heavy atom. The lowest BCUT2D eigenvalue weighted by atomic mass is 10.2. The molecule has 2 N–H and O–H groups in total. The van der Waals surface area contributed by atoms with Crippen molar-refractivity contribution in [3.63, 3.8) is 0 Å². The van der Waals surface area contributed by atoms with Gasteiger partial charge in [-0.15, -0.1) is 0 Å². The molecular formula is C18H31N3O5. The molecule has 0 saturated carbocycles. The van der Waals surface area contributed by atoms with Crippen molar-refractivity contribution in [3.05, 3.63) is 0 Å². The number of rotatable bonds is 7. The van der Waals surface area contributed by atoms with Crippen LogP contribution in [0.25, 0.3) is 0 Å². The van der Waals surface area contributed by atoms with Crippen molar-refractivity contribution in [1.29, 1.82) is 0 Å². The van der Waals surface area contributed by atoms with Gasteiger partial charge in [-0.05, 0) is 32.6 Å². The van der Waals surface area contributed by atoms with Gasteiger partial charge in [0.05, 0.1) is 6.61 Å². The maximum absolute atomic E-state index is 11.5. The van der Waals surface area contributed by atoms with Crippen LogP contribution < -0.4 is 5.73 Å². The SMILES string of the molecule is CCOC(=O)[C@H](CC)N1CCCC1=O.CC[C@@H](C(N)=O)N1CCCC1=O. The van der Waals surface area contributed by atoms with Crippen LogP contribution in [0.3, 0.4) is 0 Å². The molecule has 2 saturated heterocycles. The first kappa shape index (κ1) is 21.9. The smallest absolute Gasteiger partial charge is 0.328 e. The second-order valence-electron chi connectivity index (χ2n) is 6.38. The third kappa shape index (κ3) is 5.71. The summed E-state index contributed by atoms with van der Waals surface area (Å²) in [6.07, 6.45) is 4.07. The van der Waals surface area contributed by atoms with Gasteiger partial charge in [0.25, 0.3) is 0 Å². The largest absolute Gasteiger partial charge is 0.464 e. The molecule has 2 rings (SSSR count). The van der Waals surface area contributed by atoms with Crippen LogP contribution in [0.1, 0.15) is 59.3 Å². The maximum atomic E-state index is 11.5. The number of carbonyl (C=O) groups is 4. The van der Waals surface area contributed by atoms with E-state index in [0.29, 0.717) is 45.4 Å². The first-order chi connectivity index (χ1) is 12.4. The first-order valence-electron chi connectivity index (χ1n) is 9.42. The molecule has 2 aliphatic heterocycles. The zero-order chi connectivity index (χ0) is 19.7. The number of hydrogen-bond acceptors (Lipinski definition) is 5. The minimum absolute atomic E-state index is 0.0562. The lowest BCUT2D eigenvalue weighted by Gasteiger charge is -2.24. The number of amides is 3. The molecule has 2 aliphatic rings. The number of likely N-dealkylation sites (tertiary alicyclic amines) is 2. The number of nitrogens with two attached hydrogens (primary N) is 1. The summed E-state index contributed by atoms with van der Waals surface area (Å²) in [5, 5.41) is 0. The highest BCUT2D eigenvalue weighted by Crippen LogP contribution is 2.17. The Bertz CT molecular complexity index is 523. The van der Waals surface area contributed by atoms with Crippen molar-refractivity contribution >= 4 is 23.7 Å². The highest BCUT2D eigenvalue weighted by atomic mass is 16.5. The number of esters is 1. The number of primary amides is 1. The van der Waals surface area contributed by atoms with Crippen molar-refractivity contribution in [2.75, 3.05) is 19.7 Å². The standard InChI is InChI=1S/C10H17NO3.C8H14N2O2/c1-3-8(10(13)14-4-2)11-7-5-6-9(11)12;1-2-6(8(9)12)10-5-3-4-7(10)11/h8H,3-7H2,1-2H3;6H,2-5H2,1H3,(H2,9,12)/t8-;6-/m00/s1. The molecule has 0 spiro atoms. The topological polar surface area (TPSA) is 110 Å². The Kier molecular flexibility index (Phi) is 9.09. The summed E-state index contributed by atoms with van der Waals surface area (Å²) in [4.78, 5) is 48.2. The van der Waals surface area contributed by atoms with Crippen LogP contribution in [0.15, 0.2) is 0 Å². The van der Waals surface area contributed by atoms with Crippen LogP contribution in [0, 0.1) is 0 Å². The van der Waals surface area contributed by atoms with E-state index in [-0.39, 0.29) is 29.9 Å². The van der Waals surface area contributed by atoms with Gasteiger partial charge in [-0.25, -0.2) is 4.79 Å². The van der Waals surface area contributed by atoms with E-state index in [9.17, 15) is 19.2 Å². The van der Waals surface area contributed by atoms with Crippen LogP contribution in [0.5, 0.6) is 0 Å². The van der Waals surface area contributed by atoms with Gasteiger partial charge in [0.1, 0.15) is 12.1 Å². The van der Waals surface area contributed by atoms with E-state index in [1.54, 1.807) is 16.7 Å². The molecule has 8 nitrogen and oxygen atoms in total. The van der Waals surface area contributed by atoms with Crippen molar-refractivity contribution in [3.8, 4) is 0 Å². The average Bonchev–Trinajstić information content (AvgIpc) is 3.19. The first-order valence-corrected chi connectivity index (χ1v) is 9.42. The predicted octanol–water partition coefficient (Wildman–Crippen LogP) is 0.823. The molecule has 0 aromatic rings. The minimum atomic E-state index is -0.396. The van der Waals surface area contributed by atoms with E-state index in [1.165, 1.54) is 0 Å².